The smallest absolute Gasteiger partial charge is 0.141 e. The Bertz CT molecular complexity index is 614. The highest BCUT2D eigenvalue weighted by Crippen LogP contribution is 2.33. The third-order valence-corrected chi connectivity index (χ3v) is 3.25. The monoisotopic (exact) mass is 238 g/mol. The molecule has 1 heterocycles. The zero-order valence-electron chi connectivity index (χ0n) is 10.3. The Morgan fingerprint density at radius 2 is 1.67 bits per heavy atom. The number of Topliss-reactive ketones (excluding diaryl/α,β-unsaturated/α-hetero) is 1. The predicted octanol–water partition coefficient (Wildman–Crippen LogP) is 3.46. The highest BCUT2D eigenvalue weighted by atomic mass is 16.5. The summed E-state index contributed by atoms with van der Waals surface area (Å²) in [5.41, 5.74) is 3.02. The lowest BCUT2D eigenvalue weighted by atomic mass is 9.98. The van der Waals surface area contributed by atoms with Gasteiger partial charge in [0, 0.05) is 24.0 Å². The molecule has 2 heteroatoms. The normalized spacial score (nSPS) is 13.9. The molecule has 18 heavy (non-hydrogen) atoms. The molecule has 0 amide bonds. The fourth-order valence-electron chi connectivity index (χ4n) is 2.35. The fourth-order valence-corrected chi connectivity index (χ4v) is 2.35. The van der Waals surface area contributed by atoms with Crippen molar-refractivity contribution in [3.63, 3.8) is 0 Å². The van der Waals surface area contributed by atoms with Crippen LogP contribution in [0.1, 0.15) is 16.7 Å². The standard InChI is InChI=1S/C16H14O2/c1-11-5-4-7-13-10-14(17)9-12-6-2-3-8-15(12)18-16(11)13/h2-8H,9-10H2,1H3. The van der Waals surface area contributed by atoms with Crippen LogP contribution in [0.25, 0.3) is 0 Å². The molecule has 1 aliphatic heterocycles. The van der Waals surface area contributed by atoms with Crippen LogP contribution >= 0.6 is 0 Å². The third kappa shape index (κ3) is 1.90. The van der Waals surface area contributed by atoms with E-state index in [9.17, 15) is 4.79 Å². The summed E-state index contributed by atoms with van der Waals surface area (Å²) in [6, 6.07) is 13.7. The van der Waals surface area contributed by atoms with Crippen LogP contribution in [0.15, 0.2) is 42.5 Å². The van der Waals surface area contributed by atoms with Crippen LogP contribution in [0.2, 0.25) is 0 Å². The molecule has 0 spiro atoms. The number of ketones is 1. The van der Waals surface area contributed by atoms with Gasteiger partial charge in [0.25, 0.3) is 0 Å². The van der Waals surface area contributed by atoms with Gasteiger partial charge in [-0.05, 0) is 18.6 Å². The molecule has 2 nitrogen and oxygen atoms in total. The lowest BCUT2D eigenvalue weighted by Gasteiger charge is -2.18. The summed E-state index contributed by atoms with van der Waals surface area (Å²) in [6.45, 7) is 2.01. The van der Waals surface area contributed by atoms with E-state index in [0.717, 1.165) is 28.2 Å². The van der Waals surface area contributed by atoms with Crippen molar-refractivity contribution in [1.29, 1.82) is 0 Å². The van der Waals surface area contributed by atoms with Gasteiger partial charge in [-0.1, -0.05) is 36.4 Å². The Hall–Kier alpha value is -2.09. The van der Waals surface area contributed by atoms with Crippen molar-refractivity contribution in [3.05, 3.63) is 59.2 Å². The van der Waals surface area contributed by atoms with Crippen LogP contribution in [0.3, 0.4) is 0 Å². The molecule has 0 N–H and O–H groups in total. The van der Waals surface area contributed by atoms with Gasteiger partial charge in [0.2, 0.25) is 0 Å². The number of carbonyl (C=O) groups excluding carboxylic acids is 1. The first kappa shape index (κ1) is 11.0. The molecule has 0 saturated carbocycles. The molecule has 3 rings (SSSR count). The van der Waals surface area contributed by atoms with Crippen molar-refractivity contribution in [1.82, 2.24) is 0 Å². The highest BCUT2D eigenvalue weighted by molar-refractivity contribution is 5.85. The maximum Gasteiger partial charge on any atom is 0.141 e. The molecular weight excluding hydrogens is 224 g/mol. The molecule has 0 unspecified atom stereocenters. The minimum atomic E-state index is 0.234. The summed E-state index contributed by atoms with van der Waals surface area (Å²) >= 11 is 0. The Kier molecular flexibility index (Phi) is 2.63. The van der Waals surface area contributed by atoms with E-state index in [1.807, 2.05) is 49.4 Å². The first-order valence-electron chi connectivity index (χ1n) is 6.10. The maximum absolute atomic E-state index is 12.0. The average Bonchev–Trinajstić information content (AvgIpc) is 2.33. The second kappa shape index (κ2) is 4.30. The van der Waals surface area contributed by atoms with E-state index in [1.165, 1.54) is 0 Å². The van der Waals surface area contributed by atoms with Gasteiger partial charge in [-0.3, -0.25) is 4.79 Å². The van der Waals surface area contributed by atoms with Crippen molar-refractivity contribution in [3.8, 4) is 11.5 Å². The van der Waals surface area contributed by atoms with E-state index in [2.05, 4.69) is 0 Å². The second-order valence-electron chi connectivity index (χ2n) is 4.67. The van der Waals surface area contributed by atoms with Crippen molar-refractivity contribution >= 4 is 5.78 Å². The minimum absolute atomic E-state index is 0.234. The number of aryl methyl sites for hydroxylation is 1. The van der Waals surface area contributed by atoms with E-state index in [-0.39, 0.29) is 5.78 Å². The summed E-state index contributed by atoms with van der Waals surface area (Å²) in [5, 5.41) is 0. The number of rotatable bonds is 0. The Morgan fingerprint density at radius 1 is 0.944 bits per heavy atom. The molecule has 2 aromatic carbocycles. The zero-order valence-corrected chi connectivity index (χ0v) is 10.3. The first-order chi connectivity index (χ1) is 8.74. The summed E-state index contributed by atoms with van der Waals surface area (Å²) < 4.78 is 6.01. The topological polar surface area (TPSA) is 26.3 Å². The van der Waals surface area contributed by atoms with Crippen LogP contribution in [-0.2, 0) is 17.6 Å². The molecule has 90 valence electrons. The summed E-state index contributed by atoms with van der Waals surface area (Å²) in [6.07, 6.45) is 0.898. The van der Waals surface area contributed by atoms with Crippen LogP contribution in [0.4, 0.5) is 0 Å². The molecule has 0 aliphatic carbocycles. The largest absolute Gasteiger partial charge is 0.456 e. The second-order valence-corrected chi connectivity index (χ2v) is 4.67. The van der Waals surface area contributed by atoms with Gasteiger partial charge in [-0.2, -0.15) is 0 Å². The predicted molar refractivity (Wildman–Crippen MR) is 70.1 cm³/mol. The fraction of sp³-hybridized carbons (Fsp3) is 0.188. The minimum Gasteiger partial charge on any atom is -0.456 e. The van der Waals surface area contributed by atoms with E-state index in [4.69, 9.17) is 4.74 Å². The molecule has 0 radical (unpaired) electrons. The molecular formula is C16H14O2. The summed E-state index contributed by atoms with van der Waals surface area (Å²) in [7, 11) is 0. The van der Waals surface area contributed by atoms with Crippen LogP contribution in [0.5, 0.6) is 11.5 Å². The van der Waals surface area contributed by atoms with Gasteiger partial charge >= 0.3 is 0 Å². The van der Waals surface area contributed by atoms with Crippen molar-refractivity contribution in [2.24, 2.45) is 0 Å². The number of para-hydroxylation sites is 2. The van der Waals surface area contributed by atoms with Gasteiger partial charge in [0.05, 0.1) is 0 Å². The van der Waals surface area contributed by atoms with Crippen molar-refractivity contribution in [2.45, 2.75) is 19.8 Å². The van der Waals surface area contributed by atoms with Gasteiger partial charge in [0.15, 0.2) is 0 Å². The molecule has 1 aliphatic rings. The Morgan fingerprint density at radius 3 is 2.56 bits per heavy atom. The van der Waals surface area contributed by atoms with Gasteiger partial charge in [-0.25, -0.2) is 0 Å². The van der Waals surface area contributed by atoms with Crippen LogP contribution in [0, 0.1) is 6.92 Å². The van der Waals surface area contributed by atoms with Crippen LogP contribution < -0.4 is 4.74 Å². The summed E-state index contributed by atoms with van der Waals surface area (Å²) in [4.78, 5) is 12.0. The number of hydrogen-bond donors (Lipinski definition) is 0. The SMILES string of the molecule is Cc1cccc2c1Oc1ccccc1CC(=O)C2. The zero-order chi connectivity index (χ0) is 12.5. The van der Waals surface area contributed by atoms with Gasteiger partial charge in [0.1, 0.15) is 17.3 Å². The molecule has 0 bridgehead atoms. The number of hydrogen-bond acceptors (Lipinski definition) is 2. The highest BCUT2D eigenvalue weighted by Gasteiger charge is 2.18. The van der Waals surface area contributed by atoms with Gasteiger partial charge < -0.3 is 4.74 Å². The van der Waals surface area contributed by atoms with E-state index >= 15 is 0 Å². The average molecular weight is 238 g/mol. The number of carbonyl (C=O) groups is 1. The Balaban J connectivity index is 2.16. The van der Waals surface area contributed by atoms with Crippen molar-refractivity contribution in [2.75, 3.05) is 0 Å². The lowest BCUT2D eigenvalue weighted by molar-refractivity contribution is -0.117. The molecule has 0 atom stereocenters. The van der Waals surface area contributed by atoms with Gasteiger partial charge in [-0.15, -0.1) is 0 Å². The quantitative estimate of drug-likeness (QED) is 0.702. The van der Waals surface area contributed by atoms with E-state index in [1.54, 1.807) is 0 Å². The van der Waals surface area contributed by atoms with E-state index < -0.39 is 0 Å². The summed E-state index contributed by atoms with van der Waals surface area (Å²) in [5.74, 6) is 1.86. The Labute approximate surface area is 106 Å². The number of benzene rings is 2. The molecule has 2 aromatic rings. The third-order valence-electron chi connectivity index (χ3n) is 3.25. The maximum atomic E-state index is 12.0. The molecule has 0 saturated heterocycles. The molecule has 0 aromatic heterocycles. The molecule has 0 fully saturated rings. The van der Waals surface area contributed by atoms with Crippen molar-refractivity contribution < 1.29 is 9.53 Å². The van der Waals surface area contributed by atoms with E-state index in [0.29, 0.717) is 12.8 Å². The lowest BCUT2D eigenvalue weighted by Crippen LogP contribution is -2.11. The number of ether oxygens (including phenoxy) is 1. The van der Waals surface area contributed by atoms with Crippen LogP contribution in [-0.4, -0.2) is 5.78 Å². The number of fused-ring (bicyclic) bond motifs is 2. The first-order valence-corrected chi connectivity index (χ1v) is 6.10.